The maximum atomic E-state index is 12.3. The Morgan fingerprint density at radius 1 is 1.44 bits per heavy atom. The molecule has 0 bridgehead atoms. The Kier molecular flexibility index (Phi) is 8.85. The fourth-order valence-corrected chi connectivity index (χ4v) is 3.15. The third-order valence-corrected chi connectivity index (χ3v) is 4.74. The Labute approximate surface area is 163 Å². The molecule has 1 fully saturated rings. The molecule has 1 aromatic rings. The molecule has 0 radical (unpaired) electrons. The van der Waals surface area contributed by atoms with E-state index in [2.05, 4.69) is 38.4 Å². The molecule has 0 aliphatic carbocycles. The summed E-state index contributed by atoms with van der Waals surface area (Å²) in [7, 11) is 1.67. The van der Waals surface area contributed by atoms with Gasteiger partial charge in [0, 0.05) is 42.9 Å². The molecular weight excluding hydrogens is 408 g/mol. The first-order valence-corrected chi connectivity index (χ1v) is 8.91. The van der Waals surface area contributed by atoms with Gasteiger partial charge in [-0.1, -0.05) is 15.9 Å². The van der Waals surface area contributed by atoms with Gasteiger partial charge in [-0.25, -0.2) is 0 Å². The average molecular weight is 434 g/mol. The minimum atomic E-state index is -0.190. The van der Waals surface area contributed by atoms with E-state index in [-0.39, 0.29) is 30.8 Å². The molecule has 2 amide bonds. The molecule has 1 aromatic carbocycles. The van der Waals surface area contributed by atoms with Crippen LogP contribution in [0.1, 0.15) is 12.5 Å². The van der Waals surface area contributed by atoms with Crippen LogP contribution in [0.15, 0.2) is 22.7 Å². The van der Waals surface area contributed by atoms with Crippen LogP contribution >= 0.6 is 28.3 Å². The van der Waals surface area contributed by atoms with Crippen molar-refractivity contribution in [3.05, 3.63) is 28.2 Å². The number of nitrogens with one attached hydrogen (secondary N) is 2. The SMILES string of the molecule is Cc1cc(Br)ccc1NC(=O)CN(C)C(=O)CN1CCNC[C@@H]1C.Cl. The number of likely N-dealkylation sites (N-methyl/N-ethyl adjacent to an activating group) is 1. The molecule has 2 N–H and O–H groups in total. The second-order valence-corrected chi connectivity index (χ2v) is 7.20. The summed E-state index contributed by atoms with van der Waals surface area (Å²) in [6, 6.07) is 6.00. The second-order valence-electron chi connectivity index (χ2n) is 6.28. The summed E-state index contributed by atoms with van der Waals surface area (Å²) in [5.41, 5.74) is 1.74. The van der Waals surface area contributed by atoms with Crippen LogP contribution in [0, 0.1) is 6.92 Å². The molecular formula is C17H26BrClN4O2. The van der Waals surface area contributed by atoms with E-state index < -0.39 is 0 Å². The van der Waals surface area contributed by atoms with Crippen molar-refractivity contribution in [1.82, 2.24) is 15.1 Å². The number of halogens is 2. The van der Waals surface area contributed by atoms with Crippen molar-refractivity contribution in [2.75, 3.05) is 45.1 Å². The lowest BCUT2D eigenvalue weighted by molar-refractivity contribution is -0.134. The number of benzene rings is 1. The van der Waals surface area contributed by atoms with Gasteiger partial charge < -0.3 is 15.5 Å². The lowest BCUT2D eigenvalue weighted by Crippen LogP contribution is -2.53. The first-order valence-electron chi connectivity index (χ1n) is 8.11. The molecule has 1 heterocycles. The van der Waals surface area contributed by atoms with E-state index in [0.717, 1.165) is 35.4 Å². The van der Waals surface area contributed by atoms with Crippen molar-refractivity contribution in [3.63, 3.8) is 0 Å². The molecule has 1 aliphatic heterocycles. The summed E-state index contributed by atoms with van der Waals surface area (Å²) in [5, 5.41) is 6.16. The van der Waals surface area contributed by atoms with Gasteiger partial charge in [-0.15, -0.1) is 12.4 Å². The monoisotopic (exact) mass is 432 g/mol. The number of hydrogen-bond acceptors (Lipinski definition) is 4. The van der Waals surface area contributed by atoms with Gasteiger partial charge in [-0.05, 0) is 37.6 Å². The predicted octanol–water partition coefficient (Wildman–Crippen LogP) is 1.87. The van der Waals surface area contributed by atoms with Gasteiger partial charge >= 0.3 is 0 Å². The largest absolute Gasteiger partial charge is 0.335 e. The van der Waals surface area contributed by atoms with Gasteiger partial charge in [0.1, 0.15) is 0 Å². The van der Waals surface area contributed by atoms with Crippen molar-refractivity contribution >= 4 is 45.8 Å². The van der Waals surface area contributed by atoms with Crippen molar-refractivity contribution in [2.24, 2.45) is 0 Å². The Morgan fingerprint density at radius 3 is 2.80 bits per heavy atom. The molecule has 25 heavy (non-hydrogen) atoms. The highest BCUT2D eigenvalue weighted by molar-refractivity contribution is 9.10. The first-order chi connectivity index (χ1) is 11.4. The number of carbonyl (C=O) groups is 2. The maximum absolute atomic E-state index is 12.3. The smallest absolute Gasteiger partial charge is 0.243 e. The van der Waals surface area contributed by atoms with E-state index in [9.17, 15) is 9.59 Å². The maximum Gasteiger partial charge on any atom is 0.243 e. The molecule has 1 atom stereocenters. The predicted molar refractivity (Wildman–Crippen MR) is 106 cm³/mol. The van der Waals surface area contributed by atoms with E-state index in [1.165, 1.54) is 4.90 Å². The normalized spacial score (nSPS) is 17.5. The zero-order chi connectivity index (χ0) is 17.7. The highest BCUT2D eigenvalue weighted by Gasteiger charge is 2.22. The van der Waals surface area contributed by atoms with Gasteiger partial charge in [-0.2, -0.15) is 0 Å². The number of anilines is 1. The summed E-state index contributed by atoms with van der Waals surface area (Å²) in [6.45, 7) is 7.07. The number of nitrogens with zero attached hydrogens (tertiary/aromatic N) is 2. The van der Waals surface area contributed by atoms with Crippen LogP contribution in [-0.4, -0.2) is 67.4 Å². The lowest BCUT2D eigenvalue weighted by Gasteiger charge is -2.34. The molecule has 2 rings (SSSR count). The van der Waals surface area contributed by atoms with Crippen LogP contribution < -0.4 is 10.6 Å². The van der Waals surface area contributed by atoms with Crippen molar-refractivity contribution in [3.8, 4) is 0 Å². The fourth-order valence-electron chi connectivity index (χ4n) is 2.67. The fraction of sp³-hybridized carbons (Fsp3) is 0.529. The first kappa shape index (κ1) is 21.9. The van der Waals surface area contributed by atoms with Crippen LogP contribution in [0.4, 0.5) is 5.69 Å². The van der Waals surface area contributed by atoms with Gasteiger partial charge in [0.2, 0.25) is 11.8 Å². The Bertz CT molecular complexity index is 614. The lowest BCUT2D eigenvalue weighted by atomic mass is 10.2. The number of piperazine rings is 1. The number of hydrogen-bond donors (Lipinski definition) is 2. The van der Waals surface area contributed by atoms with Crippen LogP contribution in [0.5, 0.6) is 0 Å². The minimum Gasteiger partial charge on any atom is -0.335 e. The van der Waals surface area contributed by atoms with Crippen LogP contribution in [0.2, 0.25) is 0 Å². The molecule has 8 heteroatoms. The van der Waals surface area contributed by atoms with E-state index in [1.807, 2.05) is 25.1 Å². The molecule has 140 valence electrons. The van der Waals surface area contributed by atoms with Gasteiger partial charge in [-0.3, -0.25) is 14.5 Å². The van der Waals surface area contributed by atoms with Gasteiger partial charge in [0.25, 0.3) is 0 Å². The Balaban J connectivity index is 0.00000312. The van der Waals surface area contributed by atoms with Gasteiger partial charge in [0.15, 0.2) is 0 Å². The molecule has 1 aliphatic rings. The highest BCUT2D eigenvalue weighted by Crippen LogP contribution is 2.19. The standard InChI is InChI=1S/C17H25BrN4O2.ClH/c1-12-8-14(18)4-5-15(12)20-16(23)10-21(3)17(24)11-22-7-6-19-9-13(22)2;/h4-5,8,13,19H,6-7,9-11H2,1-3H3,(H,20,23);1H/t13-;/m0./s1. The summed E-state index contributed by atoms with van der Waals surface area (Å²) < 4.78 is 0.968. The third kappa shape index (κ3) is 6.58. The number of rotatable bonds is 5. The van der Waals surface area contributed by atoms with E-state index >= 15 is 0 Å². The summed E-state index contributed by atoms with van der Waals surface area (Å²) >= 11 is 3.40. The summed E-state index contributed by atoms with van der Waals surface area (Å²) in [4.78, 5) is 28.1. The Morgan fingerprint density at radius 2 is 2.16 bits per heavy atom. The average Bonchev–Trinajstić information content (AvgIpc) is 2.52. The summed E-state index contributed by atoms with van der Waals surface area (Å²) in [6.07, 6.45) is 0. The quantitative estimate of drug-likeness (QED) is 0.744. The Hall–Kier alpha value is -1.15. The molecule has 6 nitrogen and oxygen atoms in total. The molecule has 0 spiro atoms. The topological polar surface area (TPSA) is 64.7 Å². The third-order valence-electron chi connectivity index (χ3n) is 4.25. The number of amides is 2. The van der Waals surface area contributed by atoms with Crippen LogP contribution in [0.3, 0.4) is 0 Å². The zero-order valence-corrected chi connectivity index (χ0v) is 17.2. The van der Waals surface area contributed by atoms with E-state index in [4.69, 9.17) is 0 Å². The molecule has 0 saturated carbocycles. The van der Waals surface area contributed by atoms with Gasteiger partial charge in [0.05, 0.1) is 13.1 Å². The number of aryl methyl sites for hydroxylation is 1. The van der Waals surface area contributed by atoms with Crippen LogP contribution in [-0.2, 0) is 9.59 Å². The van der Waals surface area contributed by atoms with E-state index in [1.54, 1.807) is 7.05 Å². The zero-order valence-electron chi connectivity index (χ0n) is 14.8. The molecule has 0 aromatic heterocycles. The molecule has 0 unspecified atom stereocenters. The summed E-state index contributed by atoms with van der Waals surface area (Å²) in [5.74, 6) is -0.226. The van der Waals surface area contributed by atoms with Crippen LogP contribution in [0.25, 0.3) is 0 Å². The minimum absolute atomic E-state index is 0. The second kappa shape index (κ2) is 10.1. The molecule has 1 saturated heterocycles. The van der Waals surface area contributed by atoms with Crippen molar-refractivity contribution in [1.29, 1.82) is 0 Å². The van der Waals surface area contributed by atoms with Crippen molar-refractivity contribution in [2.45, 2.75) is 19.9 Å². The van der Waals surface area contributed by atoms with E-state index in [0.29, 0.717) is 12.6 Å². The van der Waals surface area contributed by atoms with Crippen molar-refractivity contribution < 1.29 is 9.59 Å². The highest BCUT2D eigenvalue weighted by atomic mass is 79.9. The number of carbonyl (C=O) groups excluding carboxylic acids is 2.